The normalized spacial score (nSPS) is 14.8. The maximum absolute atomic E-state index is 13.8. The Morgan fingerprint density at radius 1 is 1.14 bits per heavy atom. The summed E-state index contributed by atoms with van der Waals surface area (Å²) in [6.07, 6.45) is 3.48. The van der Waals surface area contributed by atoms with Gasteiger partial charge in [-0.15, -0.1) is 0 Å². The van der Waals surface area contributed by atoms with Gasteiger partial charge in [-0.2, -0.15) is 0 Å². The summed E-state index contributed by atoms with van der Waals surface area (Å²) in [7, 11) is 1.52. The molecule has 1 aromatic heterocycles. The Morgan fingerprint density at radius 2 is 1.90 bits per heavy atom. The maximum atomic E-state index is 13.8. The third-order valence-electron chi connectivity index (χ3n) is 5.24. The third kappa shape index (κ3) is 4.31. The molecule has 29 heavy (non-hydrogen) atoms. The fraction of sp³-hybridized carbons (Fsp3) is 0.476. The first-order valence-electron chi connectivity index (χ1n) is 9.90. The summed E-state index contributed by atoms with van der Waals surface area (Å²) in [5, 5.41) is 5.34. The van der Waals surface area contributed by atoms with Crippen LogP contribution in [0.15, 0.2) is 18.2 Å². The summed E-state index contributed by atoms with van der Waals surface area (Å²) in [5.41, 5.74) is 1.41. The lowest BCUT2D eigenvalue weighted by molar-refractivity contribution is -0.123. The number of hydrogen-bond donors (Lipinski definition) is 2. The van der Waals surface area contributed by atoms with Crippen molar-refractivity contribution in [3.63, 3.8) is 0 Å². The van der Waals surface area contributed by atoms with Gasteiger partial charge in [-0.05, 0) is 43.4 Å². The monoisotopic (exact) mass is 404 g/mol. The van der Waals surface area contributed by atoms with Crippen molar-refractivity contribution < 1.29 is 18.4 Å². The van der Waals surface area contributed by atoms with E-state index < -0.39 is 23.6 Å². The van der Waals surface area contributed by atoms with Crippen molar-refractivity contribution in [3.05, 3.63) is 41.2 Å². The number of likely N-dealkylation sites (N-methyl/N-ethyl adjacent to an activating group) is 1. The molecule has 0 radical (unpaired) electrons. The van der Waals surface area contributed by atoms with Crippen LogP contribution in [0.3, 0.4) is 0 Å². The molecule has 0 unspecified atom stereocenters. The lowest BCUT2D eigenvalue weighted by atomic mass is 10.0. The smallest absolute Gasteiger partial charge is 0.272 e. The van der Waals surface area contributed by atoms with Crippen LogP contribution >= 0.6 is 0 Å². The van der Waals surface area contributed by atoms with Gasteiger partial charge >= 0.3 is 0 Å². The third-order valence-corrected chi connectivity index (χ3v) is 5.24. The molecular formula is C21H26F2N4O2. The van der Waals surface area contributed by atoms with Crippen LogP contribution in [0.5, 0.6) is 0 Å². The molecule has 2 amide bonds. The molecule has 2 aromatic rings. The molecule has 2 N–H and O–H groups in total. The fourth-order valence-corrected chi connectivity index (χ4v) is 3.66. The fourth-order valence-electron chi connectivity index (χ4n) is 3.66. The van der Waals surface area contributed by atoms with E-state index in [-0.39, 0.29) is 17.5 Å². The first-order valence-corrected chi connectivity index (χ1v) is 9.90. The highest BCUT2D eigenvalue weighted by Gasteiger charge is 2.29. The van der Waals surface area contributed by atoms with Gasteiger partial charge in [0.2, 0.25) is 5.91 Å². The SMILES string of the molecule is CNC(=O)[C@@H](NC(=O)c1nc(-c2ccc(F)c(F)c2)n2c1CCCCC2)C(C)C. The molecule has 8 heteroatoms. The van der Waals surface area contributed by atoms with Gasteiger partial charge in [0.25, 0.3) is 5.91 Å². The van der Waals surface area contributed by atoms with E-state index in [9.17, 15) is 18.4 Å². The number of fused-ring (bicyclic) bond motifs is 1. The van der Waals surface area contributed by atoms with Gasteiger partial charge in [0.05, 0.1) is 5.69 Å². The zero-order valence-electron chi connectivity index (χ0n) is 16.9. The van der Waals surface area contributed by atoms with E-state index >= 15 is 0 Å². The number of aromatic nitrogens is 2. The molecule has 1 atom stereocenters. The Bertz CT molecular complexity index is 924. The lowest BCUT2D eigenvalue weighted by Gasteiger charge is -2.20. The van der Waals surface area contributed by atoms with E-state index in [2.05, 4.69) is 15.6 Å². The maximum Gasteiger partial charge on any atom is 0.272 e. The van der Waals surface area contributed by atoms with Crippen molar-refractivity contribution in [1.82, 2.24) is 20.2 Å². The molecule has 0 saturated heterocycles. The van der Waals surface area contributed by atoms with Gasteiger partial charge in [0, 0.05) is 19.2 Å². The molecule has 1 aromatic carbocycles. The summed E-state index contributed by atoms with van der Waals surface area (Å²) in [6.45, 7) is 4.34. The van der Waals surface area contributed by atoms with Crippen LogP contribution in [0.4, 0.5) is 8.78 Å². The van der Waals surface area contributed by atoms with E-state index in [0.29, 0.717) is 24.4 Å². The van der Waals surface area contributed by atoms with Crippen LogP contribution in [-0.4, -0.2) is 34.5 Å². The summed E-state index contributed by atoms with van der Waals surface area (Å²) in [5.74, 6) is -2.28. The number of nitrogens with zero attached hydrogens (tertiary/aromatic N) is 2. The Hall–Kier alpha value is -2.77. The molecule has 6 nitrogen and oxygen atoms in total. The standard InChI is InChI=1S/C21H26F2N4O2/c1-12(2)17(20(28)24-3)26-21(29)18-16-7-5-4-6-10-27(16)19(25-18)13-8-9-14(22)15(23)11-13/h8-9,11-12,17H,4-7,10H2,1-3H3,(H,24,28)(H,26,29)/t17-/m0/s1. The van der Waals surface area contributed by atoms with Crippen LogP contribution in [-0.2, 0) is 17.8 Å². The Kier molecular flexibility index (Phi) is 6.30. The van der Waals surface area contributed by atoms with Crippen molar-refractivity contribution in [2.75, 3.05) is 7.05 Å². The highest BCUT2D eigenvalue weighted by molar-refractivity contribution is 5.97. The number of benzene rings is 1. The molecule has 0 aliphatic carbocycles. The van der Waals surface area contributed by atoms with E-state index in [1.807, 2.05) is 18.4 Å². The lowest BCUT2D eigenvalue weighted by Crippen LogP contribution is -2.49. The average Bonchev–Trinajstić information content (AvgIpc) is 2.88. The molecule has 2 heterocycles. The topological polar surface area (TPSA) is 76.0 Å². The predicted octanol–water partition coefficient (Wildman–Crippen LogP) is 3.06. The van der Waals surface area contributed by atoms with Crippen LogP contribution in [0.25, 0.3) is 11.4 Å². The first-order chi connectivity index (χ1) is 13.8. The molecule has 0 spiro atoms. The molecule has 1 aliphatic heterocycles. The van der Waals surface area contributed by atoms with E-state index in [1.165, 1.54) is 13.1 Å². The second-order valence-corrected chi connectivity index (χ2v) is 7.63. The summed E-state index contributed by atoms with van der Waals surface area (Å²) in [4.78, 5) is 29.7. The molecule has 0 fully saturated rings. The molecule has 156 valence electrons. The Balaban J connectivity index is 2.02. The zero-order chi connectivity index (χ0) is 21.1. The van der Waals surface area contributed by atoms with Crippen molar-refractivity contribution in [1.29, 1.82) is 0 Å². The highest BCUT2D eigenvalue weighted by Crippen LogP contribution is 2.28. The van der Waals surface area contributed by atoms with Crippen molar-refractivity contribution in [2.45, 2.75) is 52.1 Å². The Morgan fingerprint density at radius 3 is 2.55 bits per heavy atom. The van der Waals surface area contributed by atoms with E-state index in [1.54, 1.807) is 0 Å². The number of rotatable bonds is 5. The number of halogens is 2. The molecule has 3 rings (SSSR count). The van der Waals surface area contributed by atoms with Gasteiger partial charge in [0.1, 0.15) is 17.6 Å². The van der Waals surface area contributed by atoms with Crippen LogP contribution in [0.2, 0.25) is 0 Å². The van der Waals surface area contributed by atoms with E-state index in [4.69, 9.17) is 0 Å². The number of hydrogen-bond acceptors (Lipinski definition) is 3. The average molecular weight is 404 g/mol. The highest BCUT2D eigenvalue weighted by atomic mass is 19.2. The largest absolute Gasteiger partial charge is 0.357 e. The number of carbonyl (C=O) groups is 2. The van der Waals surface area contributed by atoms with Crippen LogP contribution < -0.4 is 10.6 Å². The zero-order valence-corrected chi connectivity index (χ0v) is 16.9. The molecule has 1 aliphatic rings. The number of nitrogens with one attached hydrogen (secondary N) is 2. The second-order valence-electron chi connectivity index (χ2n) is 7.63. The quantitative estimate of drug-likeness (QED) is 0.804. The summed E-state index contributed by atoms with van der Waals surface area (Å²) >= 11 is 0. The minimum Gasteiger partial charge on any atom is -0.357 e. The summed E-state index contributed by atoms with van der Waals surface area (Å²) < 4.78 is 29.1. The first kappa shape index (κ1) is 21.0. The second kappa shape index (κ2) is 8.71. The van der Waals surface area contributed by atoms with Gasteiger partial charge in [-0.1, -0.05) is 20.3 Å². The van der Waals surface area contributed by atoms with Gasteiger partial charge in [0.15, 0.2) is 11.6 Å². The molecule has 0 saturated carbocycles. The van der Waals surface area contributed by atoms with Crippen molar-refractivity contribution in [2.24, 2.45) is 5.92 Å². The minimum absolute atomic E-state index is 0.106. The number of carbonyl (C=O) groups excluding carboxylic acids is 2. The molecular weight excluding hydrogens is 378 g/mol. The van der Waals surface area contributed by atoms with Crippen molar-refractivity contribution in [3.8, 4) is 11.4 Å². The molecule has 0 bridgehead atoms. The van der Waals surface area contributed by atoms with Gasteiger partial charge in [-0.3, -0.25) is 9.59 Å². The predicted molar refractivity (Wildman–Crippen MR) is 105 cm³/mol. The van der Waals surface area contributed by atoms with Crippen molar-refractivity contribution >= 4 is 11.8 Å². The van der Waals surface area contributed by atoms with E-state index in [0.717, 1.165) is 37.1 Å². The Labute approximate surface area is 168 Å². The van der Waals surface area contributed by atoms with Gasteiger partial charge in [-0.25, -0.2) is 13.8 Å². The van der Waals surface area contributed by atoms with Crippen LogP contribution in [0, 0.1) is 17.6 Å². The number of amides is 2. The van der Waals surface area contributed by atoms with Gasteiger partial charge < -0.3 is 15.2 Å². The van der Waals surface area contributed by atoms with Crippen LogP contribution in [0.1, 0.15) is 49.3 Å². The summed E-state index contributed by atoms with van der Waals surface area (Å²) in [6, 6.07) is 2.92. The number of imidazole rings is 1. The minimum atomic E-state index is -0.959.